The number of amides is 2. The van der Waals surface area contributed by atoms with Gasteiger partial charge in [-0.2, -0.15) is 0 Å². The van der Waals surface area contributed by atoms with Crippen molar-refractivity contribution in [2.24, 2.45) is 0 Å². The topological polar surface area (TPSA) is 61.4 Å². The van der Waals surface area contributed by atoms with Crippen LogP contribution in [0.3, 0.4) is 0 Å². The van der Waals surface area contributed by atoms with E-state index in [0.29, 0.717) is 11.3 Å². The van der Waals surface area contributed by atoms with Crippen LogP contribution in [0.2, 0.25) is 0 Å². The summed E-state index contributed by atoms with van der Waals surface area (Å²) in [5.41, 5.74) is 0.0131. The van der Waals surface area contributed by atoms with Crippen molar-refractivity contribution in [3.63, 3.8) is 0 Å². The predicted molar refractivity (Wildman–Crippen MR) is 57.5 cm³/mol. The Morgan fingerprint density at radius 2 is 2.21 bits per heavy atom. The molecule has 74 valence electrons. The molecule has 1 aliphatic heterocycles. The number of hydrogen-bond acceptors (Lipinski definition) is 2. The van der Waals surface area contributed by atoms with E-state index in [1.807, 2.05) is 12.1 Å². The Morgan fingerprint density at radius 3 is 2.93 bits per heavy atom. The van der Waals surface area contributed by atoms with E-state index in [1.54, 1.807) is 13.0 Å². The first kappa shape index (κ1) is 9.44. The molecule has 4 nitrogen and oxygen atoms in total. The number of benzene rings is 1. The Balaban J connectivity index is 2.58. The van der Waals surface area contributed by atoms with Crippen LogP contribution in [0, 0.1) is 0 Å². The maximum atomic E-state index is 11.1. The molecule has 0 bridgehead atoms. The van der Waals surface area contributed by atoms with Crippen molar-refractivity contribution in [1.82, 2.24) is 5.32 Å². The van der Waals surface area contributed by atoms with Crippen molar-refractivity contribution in [2.45, 2.75) is 12.6 Å². The average molecular weight is 210 g/mol. The molecular weight excluding hydrogens is 199 g/mol. The molecule has 0 saturated heterocycles. The molecule has 1 aliphatic rings. The predicted octanol–water partition coefficient (Wildman–Crippen LogP) is 0.487. The minimum atomic E-state index is -1.30. The van der Waals surface area contributed by atoms with Crippen LogP contribution in [-0.4, -0.2) is 11.1 Å². The fraction of sp³-hybridized carbons (Fsp3) is 0.222. The monoisotopic (exact) mass is 210 g/mol. The van der Waals surface area contributed by atoms with E-state index in [9.17, 15) is 9.90 Å². The number of rotatable bonds is 0. The quantitative estimate of drug-likeness (QED) is 0.545. The highest BCUT2D eigenvalue weighted by molar-refractivity contribution is 7.27. The molecule has 2 unspecified atom stereocenters. The zero-order valence-electron chi connectivity index (χ0n) is 7.66. The van der Waals surface area contributed by atoms with Crippen LogP contribution in [0.15, 0.2) is 18.2 Å². The van der Waals surface area contributed by atoms with Crippen LogP contribution in [0.4, 0.5) is 10.5 Å². The second-order valence-corrected chi connectivity index (χ2v) is 4.12. The van der Waals surface area contributed by atoms with Crippen LogP contribution < -0.4 is 15.9 Å². The van der Waals surface area contributed by atoms with Gasteiger partial charge in [0.15, 0.2) is 5.72 Å². The summed E-state index contributed by atoms with van der Waals surface area (Å²) in [6, 6.07) is 5.04. The van der Waals surface area contributed by atoms with Gasteiger partial charge in [-0.05, 0) is 24.4 Å². The van der Waals surface area contributed by atoms with Crippen molar-refractivity contribution < 1.29 is 9.90 Å². The van der Waals surface area contributed by atoms with Crippen molar-refractivity contribution in [3.05, 3.63) is 23.8 Å². The lowest BCUT2D eigenvalue weighted by Crippen LogP contribution is -2.49. The average Bonchev–Trinajstić information content (AvgIpc) is 2.05. The number of fused-ring (bicyclic) bond motifs is 1. The lowest BCUT2D eigenvalue weighted by Gasteiger charge is -2.32. The zero-order valence-corrected chi connectivity index (χ0v) is 8.82. The number of carbonyl (C=O) groups is 1. The highest BCUT2D eigenvalue weighted by Gasteiger charge is 2.32. The molecule has 2 amide bonds. The smallest absolute Gasteiger partial charge is 0.321 e. The summed E-state index contributed by atoms with van der Waals surface area (Å²) in [4.78, 5) is 11.1. The molecule has 0 spiro atoms. The van der Waals surface area contributed by atoms with Gasteiger partial charge in [-0.3, -0.25) is 0 Å². The highest BCUT2D eigenvalue weighted by Crippen LogP contribution is 2.28. The number of aliphatic hydroxyl groups is 1. The number of hydrogen-bond donors (Lipinski definition) is 3. The molecule has 0 aromatic heterocycles. The lowest BCUT2D eigenvalue weighted by molar-refractivity contribution is 0.0320. The zero-order chi connectivity index (χ0) is 10.3. The van der Waals surface area contributed by atoms with Gasteiger partial charge in [-0.1, -0.05) is 6.07 Å². The highest BCUT2D eigenvalue weighted by atomic mass is 31.0. The van der Waals surface area contributed by atoms with E-state index in [1.165, 1.54) is 0 Å². The number of urea groups is 1. The fourth-order valence-electron chi connectivity index (χ4n) is 1.52. The Labute approximate surface area is 83.9 Å². The number of nitrogens with one attached hydrogen (secondary N) is 2. The van der Waals surface area contributed by atoms with E-state index in [2.05, 4.69) is 19.9 Å². The molecular formula is C9H11N2O2P. The Morgan fingerprint density at radius 1 is 1.50 bits per heavy atom. The molecule has 1 aromatic carbocycles. The first-order valence-electron chi connectivity index (χ1n) is 4.20. The molecule has 14 heavy (non-hydrogen) atoms. The molecule has 3 N–H and O–H groups in total. The normalized spacial score (nSPS) is 24.9. The maximum Gasteiger partial charge on any atom is 0.321 e. The van der Waals surface area contributed by atoms with Gasteiger partial charge in [0.25, 0.3) is 0 Å². The molecule has 0 aliphatic carbocycles. The van der Waals surface area contributed by atoms with Crippen LogP contribution in [0.25, 0.3) is 0 Å². The summed E-state index contributed by atoms with van der Waals surface area (Å²) in [5, 5.41) is 16.0. The molecule has 0 saturated carbocycles. The van der Waals surface area contributed by atoms with E-state index in [0.717, 1.165) is 5.30 Å². The van der Waals surface area contributed by atoms with E-state index < -0.39 is 5.72 Å². The first-order valence-corrected chi connectivity index (χ1v) is 4.78. The molecule has 1 heterocycles. The van der Waals surface area contributed by atoms with Crippen LogP contribution in [0.1, 0.15) is 12.5 Å². The largest absolute Gasteiger partial charge is 0.367 e. The number of carbonyl (C=O) groups excluding carboxylic acids is 1. The SMILES string of the molecule is CC1(O)NC(=O)Nc2ccc(P)cc21. The number of anilines is 1. The summed E-state index contributed by atoms with van der Waals surface area (Å²) in [7, 11) is 2.55. The van der Waals surface area contributed by atoms with Crippen molar-refractivity contribution in [2.75, 3.05) is 5.32 Å². The van der Waals surface area contributed by atoms with Gasteiger partial charge < -0.3 is 15.7 Å². The molecule has 0 radical (unpaired) electrons. The second-order valence-electron chi connectivity index (χ2n) is 3.46. The maximum absolute atomic E-state index is 11.1. The summed E-state index contributed by atoms with van der Waals surface area (Å²) in [6.45, 7) is 1.55. The molecule has 2 rings (SSSR count). The Hall–Kier alpha value is -1.12. The van der Waals surface area contributed by atoms with Gasteiger partial charge in [0.2, 0.25) is 0 Å². The summed E-state index contributed by atoms with van der Waals surface area (Å²) in [6.07, 6.45) is 0. The van der Waals surface area contributed by atoms with Gasteiger partial charge in [0.1, 0.15) is 0 Å². The Kier molecular flexibility index (Phi) is 1.98. The lowest BCUT2D eigenvalue weighted by atomic mass is 10.0. The van der Waals surface area contributed by atoms with Crippen molar-refractivity contribution >= 4 is 26.3 Å². The van der Waals surface area contributed by atoms with E-state index in [-0.39, 0.29) is 6.03 Å². The fourth-order valence-corrected chi connectivity index (χ4v) is 1.78. The summed E-state index contributed by atoms with van der Waals surface area (Å²) in [5.74, 6) is 0. The second kappa shape index (κ2) is 2.94. The molecule has 0 fully saturated rings. The minimum Gasteiger partial charge on any atom is -0.367 e. The van der Waals surface area contributed by atoms with Crippen LogP contribution in [-0.2, 0) is 5.72 Å². The first-order chi connectivity index (χ1) is 6.49. The molecule has 1 aromatic rings. The van der Waals surface area contributed by atoms with Gasteiger partial charge in [0.05, 0.1) is 5.69 Å². The van der Waals surface area contributed by atoms with Crippen molar-refractivity contribution in [1.29, 1.82) is 0 Å². The van der Waals surface area contributed by atoms with Gasteiger partial charge in [-0.15, -0.1) is 9.24 Å². The van der Waals surface area contributed by atoms with Gasteiger partial charge in [-0.25, -0.2) is 4.79 Å². The third-order valence-corrected chi connectivity index (χ3v) is 2.53. The van der Waals surface area contributed by atoms with E-state index in [4.69, 9.17) is 0 Å². The van der Waals surface area contributed by atoms with Crippen molar-refractivity contribution in [3.8, 4) is 0 Å². The van der Waals surface area contributed by atoms with Crippen LogP contribution in [0.5, 0.6) is 0 Å². The standard InChI is InChI=1S/C9H11N2O2P/c1-9(13)6-4-5(14)2-3-7(6)10-8(12)11-9/h2-4,13H,14H2,1H3,(H2,10,11,12). The van der Waals surface area contributed by atoms with Gasteiger partial charge >= 0.3 is 6.03 Å². The van der Waals surface area contributed by atoms with Crippen LogP contribution >= 0.6 is 9.24 Å². The summed E-state index contributed by atoms with van der Waals surface area (Å²) >= 11 is 0. The minimum absolute atomic E-state index is 0.390. The molecule has 2 atom stereocenters. The van der Waals surface area contributed by atoms with E-state index >= 15 is 0 Å². The summed E-state index contributed by atoms with van der Waals surface area (Å²) < 4.78 is 0. The third kappa shape index (κ3) is 1.47. The third-order valence-electron chi connectivity index (χ3n) is 2.17. The Bertz CT molecular complexity index is 404. The molecule has 5 heteroatoms. The van der Waals surface area contributed by atoms with Gasteiger partial charge in [0, 0.05) is 5.56 Å².